The first-order valence-electron chi connectivity index (χ1n) is 4.55. The van der Waals surface area contributed by atoms with Crippen molar-refractivity contribution in [2.45, 2.75) is 6.54 Å². The highest BCUT2D eigenvalue weighted by Gasteiger charge is 2.27. The molecule has 9 nitrogen and oxygen atoms in total. The van der Waals surface area contributed by atoms with Gasteiger partial charge in [0.1, 0.15) is 11.8 Å². The SMILES string of the molecule is O=C(Cn1cnc2ncncc21)C(=O)S(=O)(=O)O. The van der Waals surface area contributed by atoms with Crippen LogP contribution in [0.4, 0.5) is 0 Å². The van der Waals surface area contributed by atoms with Crippen molar-refractivity contribution in [1.29, 1.82) is 0 Å². The van der Waals surface area contributed by atoms with E-state index in [0.29, 0.717) is 11.2 Å². The van der Waals surface area contributed by atoms with E-state index in [1.807, 2.05) is 0 Å². The topological polar surface area (TPSA) is 132 Å². The third kappa shape index (κ3) is 2.24. The first kappa shape index (κ1) is 12.3. The standard InChI is InChI=1S/C8H6N4O5S/c13-6(8(14)18(15,16)17)2-12-4-11-7-5(12)1-9-3-10-7/h1,3-4H,2H2,(H,15,16,17). The Morgan fingerprint density at radius 1 is 1.33 bits per heavy atom. The number of imidazole rings is 1. The maximum atomic E-state index is 11.3. The number of nitrogens with zero attached hydrogens (tertiary/aromatic N) is 4. The van der Waals surface area contributed by atoms with Gasteiger partial charge in [0.15, 0.2) is 5.65 Å². The van der Waals surface area contributed by atoms with Crippen LogP contribution in [-0.4, -0.2) is 43.4 Å². The van der Waals surface area contributed by atoms with Crippen LogP contribution >= 0.6 is 0 Å². The van der Waals surface area contributed by atoms with Gasteiger partial charge < -0.3 is 4.57 Å². The molecule has 0 aliphatic carbocycles. The molecule has 2 aromatic heterocycles. The van der Waals surface area contributed by atoms with Crippen LogP contribution in [0.5, 0.6) is 0 Å². The van der Waals surface area contributed by atoms with Gasteiger partial charge in [-0.25, -0.2) is 15.0 Å². The van der Waals surface area contributed by atoms with Crippen LogP contribution < -0.4 is 0 Å². The van der Waals surface area contributed by atoms with Crippen LogP contribution in [0.2, 0.25) is 0 Å². The number of carbonyl (C=O) groups is 2. The molecule has 0 fully saturated rings. The fraction of sp³-hybridized carbons (Fsp3) is 0.125. The second-order valence-electron chi connectivity index (χ2n) is 3.29. The Morgan fingerprint density at radius 3 is 2.72 bits per heavy atom. The predicted octanol–water partition coefficient (Wildman–Crippen LogP) is -1.19. The van der Waals surface area contributed by atoms with E-state index in [1.54, 1.807) is 0 Å². The average molecular weight is 270 g/mol. The molecular formula is C8H6N4O5S. The van der Waals surface area contributed by atoms with Gasteiger partial charge in [-0.1, -0.05) is 0 Å². The van der Waals surface area contributed by atoms with Gasteiger partial charge in [0.2, 0.25) is 5.78 Å². The summed E-state index contributed by atoms with van der Waals surface area (Å²) in [6.45, 7) is -0.567. The summed E-state index contributed by atoms with van der Waals surface area (Å²) in [6, 6.07) is 0. The highest BCUT2D eigenvalue weighted by molar-refractivity contribution is 8.03. The number of hydrogen-bond acceptors (Lipinski definition) is 7. The van der Waals surface area contributed by atoms with E-state index >= 15 is 0 Å². The molecule has 0 aliphatic heterocycles. The molecule has 0 saturated heterocycles. The summed E-state index contributed by atoms with van der Waals surface area (Å²) in [5, 5.41) is -1.86. The van der Waals surface area contributed by atoms with Crippen LogP contribution in [0.25, 0.3) is 11.2 Å². The second kappa shape index (κ2) is 4.23. The minimum Gasteiger partial charge on any atom is -0.320 e. The molecule has 0 spiro atoms. The van der Waals surface area contributed by atoms with Gasteiger partial charge in [-0.15, -0.1) is 0 Å². The van der Waals surface area contributed by atoms with Crippen molar-refractivity contribution in [1.82, 2.24) is 19.5 Å². The van der Waals surface area contributed by atoms with Gasteiger partial charge in [-0.05, 0) is 0 Å². The van der Waals surface area contributed by atoms with Crippen molar-refractivity contribution in [2.75, 3.05) is 0 Å². The molecule has 0 aliphatic rings. The van der Waals surface area contributed by atoms with E-state index in [4.69, 9.17) is 4.55 Å². The molecule has 94 valence electrons. The minimum absolute atomic E-state index is 0.303. The molecular weight excluding hydrogens is 264 g/mol. The summed E-state index contributed by atoms with van der Waals surface area (Å²) in [5.74, 6) is -1.28. The quantitative estimate of drug-likeness (QED) is 0.543. The summed E-state index contributed by atoms with van der Waals surface area (Å²) < 4.78 is 30.7. The third-order valence-corrected chi connectivity index (χ3v) is 2.77. The van der Waals surface area contributed by atoms with Crippen LogP contribution in [0.1, 0.15) is 0 Å². The number of hydrogen-bond donors (Lipinski definition) is 1. The van der Waals surface area contributed by atoms with E-state index in [1.165, 1.54) is 23.4 Å². The zero-order valence-electron chi connectivity index (χ0n) is 8.72. The van der Waals surface area contributed by atoms with Gasteiger partial charge >= 0.3 is 15.2 Å². The van der Waals surface area contributed by atoms with Crippen molar-refractivity contribution >= 4 is 32.2 Å². The largest absolute Gasteiger partial charge is 0.340 e. The van der Waals surface area contributed by atoms with Crippen molar-refractivity contribution in [3.63, 3.8) is 0 Å². The first-order valence-corrected chi connectivity index (χ1v) is 5.99. The second-order valence-corrected chi connectivity index (χ2v) is 4.61. The number of ketones is 1. The monoisotopic (exact) mass is 270 g/mol. The first-order chi connectivity index (χ1) is 8.39. The van der Waals surface area contributed by atoms with Gasteiger partial charge in [0.05, 0.1) is 19.1 Å². The molecule has 1 N–H and O–H groups in total. The number of aromatic nitrogens is 4. The molecule has 0 aromatic carbocycles. The molecule has 0 amide bonds. The van der Waals surface area contributed by atoms with E-state index in [-0.39, 0.29) is 0 Å². The van der Waals surface area contributed by atoms with Crippen molar-refractivity contribution in [2.24, 2.45) is 0 Å². The van der Waals surface area contributed by atoms with E-state index in [9.17, 15) is 18.0 Å². The minimum atomic E-state index is -5.01. The van der Waals surface area contributed by atoms with Gasteiger partial charge in [-0.2, -0.15) is 8.42 Å². The van der Waals surface area contributed by atoms with Crippen molar-refractivity contribution < 1.29 is 22.6 Å². The Balaban J connectivity index is 2.30. The predicted molar refractivity (Wildman–Crippen MR) is 56.9 cm³/mol. The summed E-state index contributed by atoms with van der Waals surface area (Å²) in [4.78, 5) is 33.6. The number of fused-ring (bicyclic) bond motifs is 1. The van der Waals surface area contributed by atoms with Crippen LogP contribution in [-0.2, 0) is 26.3 Å². The smallest absolute Gasteiger partial charge is 0.320 e. The lowest BCUT2D eigenvalue weighted by Crippen LogP contribution is -2.26. The molecule has 10 heteroatoms. The highest BCUT2D eigenvalue weighted by atomic mass is 32.2. The molecule has 2 rings (SSSR count). The van der Waals surface area contributed by atoms with Crippen molar-refractivity contribution in [3.05, 3.63) is 18.9 Å². The van der Waals surface area contributed by atoms with Gasteiger partial charge in [0.25, 0.3) is 0 Å². The third-order valence-electron chi connectivity index (χ3n) is 2.08. The van der Waals surface area contributed by atoms with Crippen molar-refractivity contribution in [3.8, 4) is 0 Å². The summed E-state index contributed by atoms with van der Waals surface area (Å²) >= 11 is 0. The maximum absolute atomic E-state index is 11.3. The molecule has 0 atom stereocenters. The lowest BCUT2D eigenvalue weighted by molar-refractivity contribution is -0.132. The average Bonchev–Trinajstić information content (AvgIpc) is 2.70. The zero-order valence-corrected chi connectivity index (χ0v) is 9.53. The van der Waals surface area contributed by atoms with E-state index in [0.717, 1.165) is 0 Å². The Morgan fingerprint density at radius 2 is 2.06 bits per heavy atom. The Kier molecular flexibility index (Phi) is 2.88. The Bertz CT molecular complexity index is 735. The number of carbonyl (C=O) groups excluding carboxylic acids is 2. The summed E-state index contributed by atoms with van der Waals surface area (Å²) in [5.41, 5.74) is 0.672. The summed E-state index contributed by atoms with van der Waals surface area (Å²) in [7, 11) is -5.01. The highest BCUT2D eigenvalue weighted by Crippen LogP contribution is 2.07. The van der Waals surface area contributed by atoms with Gasteiger partial charge in [-0.3, -0.25) is 14.1 Å². The number of Topliss-reactive ketones (excluding diaryl/α,β-unsaturated/α-hetero) is 1. The molecule has 0 bridgehead atoms. The maximum Gasteiger partial charge on any atom is 0.340 e. The molecule has 2 aromatic rings. The lowest BCUT2D eigenvalue weighted by atomic mass is 10.4. The fourth-order valence-corrected chi connectivity index (χ4v) is 1.65. The normalized spacial score (nSPS) is 11.6. The Labute approximate surface area is 100 Å². The lowest BCUT2D eigenvalue weighted by Gasteiger charge is -2.00. The van der Waals surface area contributed by atoms with E-state index < -0.39 is 27.6 Å². The van der Waals surface area contributed by atoms with Crippen LogP contribution in [0.3, 0.4) is 0 Å². The molecule has 0 saturated carbocycles. The van der Waals surface area contributed by atoms with Crippen LogP contribution in [0.15, 0.2) is 18.9 Å². The Hall–Kier alpha value is -2.20. The molecule has 2 heterocycles. The number of rotatable bonds is 3. The molecule has 0 radical (unpaired) electrons. The zero-order chi connectivity index (χ0) is 13.3. The molecule has 18 heavy (non-hydrogen) atoms. The molecule has 0 unspecified atom stereocenters. The summed E-state index contributed by atoms with van der Waals surface area (Å²) in [6.07, 6.45) is 3.83. The van der Waals surface area contributed by atoms with E-state index in [2.05, 4.69) is 15.0 Å². The van der Waals surface area contributed by atoms with Crippen LogP contribution in [0, 0.1) is 0 Å². The van der Waals surface area contributed by atoms with Gasteiger partial charge in [0, 0.05) is 0 Å². The fourth-order valence-electron chi connectivity index (χ4n) is 1.29.